The highest BCUT2D eigenvalue weighted by molar-refractivity contribution is 5.76. The number of carbonyl (C=O) groups is 1. The quantitative estimate of drug-likeness (QED) is 0.656. The van der Waals surface area contributed by atoms with E-state index in [4.69, 9.17) is 4.74 Å². The Morgan fingerprint density at radius 1 is 1.21 bits per heavy atom. The zero-order valence-corrected chi connectivity index (χ0v) is 11.9. The Hall–Kier alpha value is -0.610. The maximum absolute atomic E-state index is 11.9. The van der Waals surface area contributed by atoms with Gasteiger partial charge in [-0.2, -0.15) is 0 Å². The van der Waals surface area contributed by atoms with E-state index in [1.807, 2.05) is 0 Å². The molecule has 2 aliphatic carbocycles. The van der Waals surface area contributed by atoms with Crippen LogP contribution in [0, 0.1) is 28.6 Å². The van der Waals surface area contributed by atoms with Crippen molar-refractivity contribution in [2.75, 3.05) is 0 Å². The van der Waals surface area contributed by atoms with Crippen molar-refractivity contribution in [3.8, 4) is 0 Å². The van der Waals surface area contributed by atoms with Gasteiger partial charge in [-0.15, -0.1) is 0 Å². The smallest absolute Gasteiger partial charge is 0.314 e. The summed E-state index contributed by atoms with van der Waals surface area (Å²) in [5.74, 6) is -0.888. The number of carbonyl (C=O) groups excluding carboxylic acids is 1. The third-order valence-electron chi connectivity index (χ3n) is 6.13. The number of aliphatic hydroxyl groups excluding tert-OH is 2. The van der Waals surface area contributed by atoms with Crippen LogP contribution in [0.25, 0.3) is 0 Å². The van der Waals surface area contributed by atoms with E-state index in [0.717, 1.165) is 19.3 Å². The molecular weight excluding hydrogens is 244 g/mol. The number of esters is 1. The van der Waals surface area contributed by atoms with Crippen LogP contribution in [-0.4, -0.2) is 28.6 Å². The van der Waals surface area contributed by atoms with Crippen molar-refractivity contribution in [2.45, 2.75) is 58.8 Å². The summed E-state index contributed by atoms with van der Waals surface area (Å²) in [6.07, 6.45) is 2.18. The number of aliphatic hydroxyl groups is 2. The van der Waals surface area contributed by atoms with Gasteiger partial charge in [0.1, 0.15) is 0 Å². The van der Waals surface area contributed by atoms with Crippen molar-refractivity contribution in [1.29, 1.82) is 0 Å². The van der Waals surface area contributed by atoms with Gasteiger partial charge >= 0.3 is 5.97 Å². The fraction of sp³-hybridized carbons (Fsp3) is 0.933. The minimum Gasteiger partial charge on any atom is -0.435 e. The number of cyclic esters (lactones) is 1. The Labute approximate surface area is 114 Å². The van der Waals surface area contributed by atoms with E-state index in [0.29, 0.717) is 12.3 Å². The standard InChI is InChI=1S/C15H24O4/c1-14(2)5-4-6-15(3)9(14)7-8(16)10-11(15)13(18)19-12(10)17/h8-11,13,16,18H,4-7H2,1-3H3/t8-,9-,10?,11?,13+,15+/m0/s1. The third kappa shape index (κ3) is 1.69. The molecule has 0 aromatic rings. The van der Waals surface area contributed by atoms with Crippen LogP contribution in [-0.2, 0) is 9.53 Å². The molecule has 0 aromatic carbocycles. The molecule has 6 atom stereocenters. The third-order valence-corrected chi connectivity index (χ3v) is 6.13. The van der Waals surface area contributed by atoms with E-state index in [-0.39, 0.29) is 16.7 Å². The van der Waals surface area contributed by atoms with Crippen molar-refractivity contribution in [3.05, 3.63) is 0 Å². The average molecular weight is 268 g/mol. The summed E-state index contributed by atoms with van der Waals surface area (Å²) < 4.78 is 5.02. The zero-order chi connectivity index (χ0) is 14.0. The zero-order valence-electron chi connectivity index (χ0n) is 11.9. The lowest BCUT2D eigenvalue weighted by Gasteiger charge is -2.58. The Bertz CT molecular complexity index is 405. The summed E-state index contributed by atoms with van der Waals surface area (Å²) >= 11 is 0. The Balaban J connectivity index is 2.04. The lowest BCUT2D eigenvalue weighted by atomic mass is 9.46. The molecule has 2 N–H and O–H groups in total. The second kappa shape index (κ2) is 3.95. The van der Waals surface area contributed by atoms with Gasteiger partial charge in [0.05, 0.1) is 12.0 Å². The highest BCUT2D eigenvalue weighted by atomic mass is 16.6. The SMILES string of the molecule is CC1(C)CCC[C@@]2(C)C3C(C(=O)O[C@H]3O)[C@@H](O)C[C@@H]12. The predicted octanol–water partition coefficient (Wildman–Crippen LogP) is 1.69. The molecule has 1 saturated heterocycles. The van der Waals surface area contributed by atoms with Crippen molar-refractivity contribution < 1.29 is 19.7 Å². The van der Waals surface area contributed by atoms with Crippen molar-refractivity contribution in [2.24, 2.45) is 28.6 Å². The van der Waals surface area contributed by atoms with Crippen molar-refractivity contribution in [3.63, 3.8) is 0 Å². The summed E-state index contributed by atoms with van der Waals surface area (Å²) in [5.41, 5.74) is 0.0293. The molecule has 1 aliphatic heterocycles. The highest BCUT2D eigenvalue weighted by Crippen LogP contribution is 2.63. The molecule has 108 valence electrons. The first-order valence-electron chi connectivity index (χ1n) is 7.34. The Morgan fingerprint density at radius 2 is 1.89 bits per heavy atom. The molecule has 0 bridgehead atoms. The molecule has 4 heteroatoms. The molecule has 0 radical (unpaired) electrons. The fourth-order valence-corrected chi connectivity index (χ4v) is 5.27. The molecule has 2 unspecified atom stereocenters. The van der Waals surface area contributed by atoms with Gasteiger partial charge in [0.15, 0.2) is 0 Å². The summed E-state index contributed by atoms with van der Waals surface area (Å²) in [5, 5.41) is 20.5. The number of ether oxygens (including phenoxy) is 1. The molecule has 2 saturated carbocycles. The van der Waals surface area contributed by atoms with E-state index in [2.05, 4.69) is 20.8 Å². The van der Waals surface area contributed by atoms with E-state index in [9.17, 15) is 15.0 Å². The maximum atomic E-state index is 11.9. The number of rotatable bonds is 0. The fourth-order valence-electron chi connectivity index (χ4n) is 5.27. The van der Waals surface area contributed by atoms with Gasteiger partial charge in [0.2, 0.25) is 6.29 Å². The highest BCUT2D eigenvalue weighted by Gasteiger charge is 2.64. The molecule has 0 spiro atoms. The minimum atomic E-state index is -1.05. The molecule has 4 nitrogen and oxygen atoms in total. The van der Waals surface area contributed by atoms with Crippen LogP contribution >= 0.6 is 0 Å². The molecule has 0 aromatic heterocycles. The largest absolute Gasteiger partial charge is 0.435 e. The van der Waals surface area contributed by atoms with Gasteiger partial charge in [0, 0.05) is 5.92 Å². The molecule has 19 heavy (non-hydrogen) atoms. The van der Waals surface area contributed by atoms with Crippen LogP contribution < -0.4 is 0 Å². The molecular formula is C15H24O4. The van der Waals surface area contributed by atoms with Gasteiger partial charge in [-0.1, -0.05) is 27.2 Å². The molecule has 3 rings (SSSR count). The van der Waals surface area contributed by atoms with Gasteiger partial charge < -0.3 is 14.9 Å². The summed E-state index contributed by atoms with van der Waals surface area (Å²) in [6.45, 7) is 6.66. The van der Waals surface area contributed by atoms with E-state index in [1.165, 1.54) is 0 Å². The molecule has 3 aliphatic rings. The van der Waals surface area contributed by atoms with Crippen LogP contribution in [0.5, 0.6) is 0 Å². The molecule has 0 amide bonds. The van der Waals surface area contributed by atoms with Gasteiger partial charge in [-0.05, 0) is 36.0 Å². The van der Waals surface area contributed by atoms with Crippen molar-refractivity contribution in [1.82, 2.24) is 0 Å². The van der Waals surface area contributed by atoms with Gasteiger partial charge in [-0.25, -0.2) is 0 Å². The average Bonchev–Trinajstić information content (AvgIpc) is 2.59. The topological polar surface area (TPSA) is 66.8 Å². The number of hydrogen-bond acceptors (Lipinski definition) is 4. The van der Waals surface area contributed by atoms with Crippen molar-refractivity contribution >= 4 is 5.97 Å². The molecule has 3 fully saturated rings. The normalized spacial score (nSPS) is 52.3. The van der Waals surface area contributed by atoms with E-state index >= 15 is 0 Å². The summed E-state index contributed by atoms with van der Waals surface area (Å²) in [6, 6.07) is 0. The van der Waals surface area contributed by atoms with E-state index < -0.39 is 24.3 Å². The first-order valence-corrected chi connectivity index (χ1v) is 7.34. The number of hydrogen-bond donors (Lipinski definition) is 2. The predicted molar refractivity (Wildman–Crippen MR) is 68.9 cm³/mol. The van der Waals surface area contributed by atoms with Crippen LogP contribution in [0.2, 0.25) is 0 Å². The lowest BCUT2D eigenvalue weighted by Crippen LogP contribution is -2.57. The summed E-state index contributed by atoms with van der Waals surface area (Å²) in [4.78, 5) is 11.9. The van der Waals surface area contributed by atoms with Crippen LogP contribution in [0.15, 0.2) is 0 Å². The maximum Gasteiger partial charge on any atom is 0.314 e. The van der Waals surface area contributed by atoms with E-state index in [1.54, 1.807) is 0 Å². The minimum absolute atomic E-state index is 0.114. The molecule has 1 heterocycles. The Morgan fingerprint density at radius 3 is 2.58 bits per heavy atom. The Kier molecular flexibility index (Phi) is 2.78. The van der Waals surface area contributed by atoms with Crippen LogP contribution in [0.4, 0.5) is 0 Å². The lowest BCUT2D eigenvalue weighted by molar-refractivity contribution is -0.177. The summed E-state index contributed by atoms with van der Waals surface area (Å²) in [7, 11) is 0. The number of fused-ring (bicyclic) bond motifs is 3. The van der Waals surface area contributed by atoms with Gasteiger partial charge in [-0.3, -0.25) is 4.79 Å². The first kappa shape index (κ1) is 13.4. The second-order valence-electron chi connectivity index (χ2n) is 7.58. The van der Waals surface area contributed by atoms with Crippen LogP contribution in [0.1, 0.15) is 46.5 Å². The first-order chi connectivity index (χ1) is 8.77. The van der Waals surface area contributed by atoms with Gasteiger partial charge in [0.25, 0.3) is 0 Å². The monoisotopic (exact) mass is 268 g/mol. The van der Waals surface area contributed by atoms with Crippen LogP contribution in [0.3, 0.4) is 0 Å². The second-order valence-corrected chi connectivity index (χ2v) is 7.58.